The van der Waals surface area contributed by atoms with Crippen LogP contribution < -0.4 is 10.4 Å². The SMILES string of the molecule is CCCCCn1cnnc1SCc1cc(=O)oc2cc(OC)ccc12. The van der Waals surface area contributed by atoms with E-state index in [4.69, 9.17) is 9.15 Å². The molecule has 3 aromatic rings. The van der Waals surface area contributed by atoms with Crippen molar-refractivity contribution in [2.75, 3.05) is 7.11 Å². The zero-order valence-electron chi connectivity index (χ0n) is 14.4. The smallest absolute Gasteiger partial charge is 0.336 e. The lowest BCUT2D eigenvalue weighted by Gasteiger charge is -2.08. The number of benzene rings is 1. The first-order valence-corrected chi connectivity index (χ1v) is 9.31. The van der Waals surface area contributed by atoms with Gasteiger partial charge in [-0.15, -0.1) is 10.2 Å². The van der Waals surface area contributed by atoms with E-state index in [1.54, 1.807) is 37.3 Å². The molecule has 0 bridgehead atoms. The Hall–Kier alpha value is -2.28. The van der Waals surface area contributed by atoms with Crippen LogP contribution >= 0.6 is 11.8 Å². The van der Waals surface area contributed by atoms with Gasteiger partial charge in [0.25, 0.3) is 0 Å². The number of ether oxygens (including phenoxy) is 1. The van der Waals surface area contributed by atoms with Gasteiger partial charge in [-0.3, -0.25) is 0 Å². The molecule has 0 saturated carbocycles. The summed E-state index contributed by atoms with van der Waals surface area (Å²) in [5, 5.41) is 9.98. The van der Waals surface area contributed by atoms with Gasteiger partial charge in [-0.05, 0) is 24.1 Å². The van der Waals surface area contributed by atoms with Gasteiger partial charge in [0.05, 0.1) is 7.11 Å². The Kier molecular flexibility index (Phi) is 5.75. The van der Waals surface area contributed by atoms with Crippen molar-refractivity contribution < 1.29 is 9.15 Å². The van der Waals surface area contributed by atoms with Gasteiger partial charge in [-0.1, -0.05) is 31.5 Å². The van der Waals surface area contributed by atoms with Crippen molar-refractivity contribution >= 4 is 22.7 Å². The standard InChI is InChI=1S/C18H21N3O3S/c1-3-4-5-8-21-12-19-20-18(21)25-11-13-9-17(22)24-16-10-14(23-2)6-7-15(13)16/h6-7,9-10,12H,3-5,8,11H2,1-2H3. The molecule has 0 unspecified atom stereocenters. The highest BCUT2D eigenvalue weighted by atomic mass is 32.2. The number of hydrogen-bond donors (Lipinski definition) is 0. The summed E-state index contributed by atoms with van der Waals surface area (Å²) in [6, 6.07) is 7.06. The molecule has 0 fully saturated rings. The minimum absolute atomic E-state index is 0.360. The van der Waals surface area contributed by atoms with E-state index in [0.717, 1.165) is 29.1 Å². The highest BCUT2D eigenvalue weighted by molar-refractivity contribution is 7.98. The first-order valence-electron chi connectivity index (χ1n) is 8.32. The molecule has 2 heterocycles. The molecule has 0 spiro atoms. The quantitative estimate of drug-likeness (QED) is 0.345. The second-order valence-electron chi connectivity index (χ2n) is 5.76. The lowest BCUT2D eigenvalue weighted by molar-refractivity contribution is 0.414. The molecular formula is C18H21N3O3S. The van der Waals surface area contributed by atoms with Gasteiger partial charge in [-0.25, -0.2) is 4.79 Å². The van der Waals surface area contributed by atoms with Gasteiger partial charge in [0, 0.05) is 29.8 Å². The summed E-state index contributed by atoms with van der Waals surface area (Å²) in [6.45, 7) is 3.10. The van der Waals surface area contributed by atoms with Crippen LogP contribution in [-0.4, -0.2) is 21.9 Å². The average Bonchev–Trinajstić information content (AvgIpc) is 3.06. The molecule has 0 aliphatic heterocycles. The predicted octanol–water partition coefficient (Wildman–Crippen LogP) is 3.88. The third-order valence-corrected chi connectivity index (χ3v) is 5.01. The Bertz CT molecular complexity index is 904. The number of nitrogens with zero attached hydrogens (tertiary/aromatic N) is 3. The number of aromatic nitrogens is 3. The Balaban J connectivity index is 1.80. The van der Waals surface area contributed by atoms with Crippen LogP contribution in [0.3, 0.4) is 0 Å². The Morgan fingerprint density at radius 1 is 1.28 bits per heavy atom. The molecule has 2 aromatic heterocycles. The minimum atomic E-state index is -0.360. The molecular weight excluding hydrogens is 338 g/mol. The van der Waals surface area contributed by atoms with Crippen molar-refractivity contribution in [3.63, 3.8) is 0 Å². The van der Waals surface area contributed by atoms with Crippen LogP contribution in [-0.2, 0) is 12.3 Å². The number of rotatable bonds is 8. The summed E-state index contributed by atoms with van der Waals surface area (Å²) < 4.78 is 12.6. The Morgan fingerprint density at radius 3 is 2.96 bits per heavy atom. The number of unbranched alkanes of at least 4 members (excludes halogenated alkanes) is 2. The fourth-order valence-electron chi connectivity index (χ4n) is 2.64. The zero-order valence-corrected chi connectivity index (χ0v) is 15.2. The van der Waals surface area contributed by atoms with Gasteiger partial charge in [0.2, 0.25) is 0 Å². The van der Waals surface area contributed by atoms with Crippen LogP contribution in [0.2, 0.25) is 0 Å². The van der Waals surface area contributed by atoms with Crippen LogP contribution in [0.4, 0.5) is 0 Å². The summed E-state index contributed by atoms with van der Waals surface area (Å²) in [5.41, 5.74) is 1.09. The highest BCUT2D eigenvalue weighted by Gasteiger charge is 2.10. The average molecular weight is 359 g/mol. The summed E-state index contributed by atoms with van der Waals surface area (Å²) in [5.74, 6) is 1.29. The van der Waals surface area contributed by atoms with Crippen LogP contribution in [0.25, 0.3) is 11.0 Å². The molecule has 0 saturated heterocycles. The Labute approximate surface area is 150 Å². The summed E-state index contributed by atoms with van der Waals surface area (Å²) in [4.78, 5) is 11.9. The van der Waals surface area contributed by atoms with Gasteiger partial charge >= 0.3 is 5.63 Å². The van der Waals surface area contributed by atoms with E-state index in [9.17, 15) is 4.79 Å². The molecule has 7 heteroatoms. The number of methoxy groups -OCH3 is 1. The first-order chi connectivity index (χ1) is 12.2. The maximum atomic E-state index is 11.9. The van der Waals surface area contributed by atoms with Crippen molar-refractivity contribution in [2.24, 2.45) is 0 Å². The number of fused-ring (bicyclic) bond motifs is 1. The molecule has 0 amide bonds. The number of thioether (sulfide) groups is 1. The molecule has 0 aliphatic rings. The van der Waals surface area contributed by atoms with Crippen molar-refractivity contribution in [3.8, 4) is 5.75 Å². The van der Waals surface area contributed by atoms with E-state index in [1.165, 1.54) is 12.8 Å². The van der Waals surface area contributed by atoms with Crippen LogP contribution in [0.5, 0.6) is 5.75 Å². The highest BCUT2D eigenvalue weighted by Crippen LogP contribution is 2.27. The fourth-order valence-corrected chi connectivity index (χ4v) is 3.57. The van der Waals surface area contributed by atoms with Crippen molar-refractivity contribution in [3.05, 3.63) is 46.6 Å². The molecule has 0 N–H and O–H groups in total. The predicted molar refractivity (Wildman–Crippen MR) is 98.1 cm³/mol. The van der Waals surface area contributed by atoms with Crippen LogP contribution in [0, 0.1) is 0 Å². The first kappa shape index (κ1) is 17.5. The summed E-state index contributed by atoms with van der Waals surface area (Å²) >= 11 is 1.58. The maximum absolute atomic E-state index is 11.9. The van der Waals surface area contributed by atoms with Crippen molar-refractivity contribution in [1.82, 2.24) is 14.8 Å². The molecule has 6 nitrogen and oxygen atoms in total. The second-order valence-corrected chi connectivity index (χ2v) is 6.70. The fraction of sp³-hybridized carbons (Fsp3) is 0.389. The van der Waals surface area contributed by atoms with E-state index in [1.807, 2.05) is 12.1 Å². The van der Waals surface area contributed by atoms with Crippen LogP contribution in [0.15, 0.2) is 45.0 Å². The molecule has 3 rings (SSSR count). The molecule has 132 valence electrons. The van der Waals surface area contributed by atoms with Gasteiger partial charge < -0.3 is 13.7 Å². The number of hydrogen-bond acceptors (Lipinski definition) is 6. The van der Waals surface area contributed by atoms with E-state index < -0.39 is 0 Å². The third kappa shape index (κ3) is 4.22. The summed E-state index contributed by atoms with van der Waals surface area (Å²) in [6.07, 6.45) is 5.24. The second kappa shape index (κ2) is 8.20. The largest absolute Gasteiger partial charge is 0.497 e. The van der Waals surface area contributed by atoms with E-state index >= 15 is 0 Å². The van der Waals surface area contributed by atoms with E-state index in [-0.39, 0.29) is 5.63 Å². The van der Waals surface area contributed by atoms with Gasteiger partial charge in [0.15, 0.2) is 5.16 Å². The number of aryl methyl sites for hydroxylation is 1. The summed E-state index contributed by atoms with van der Waals surface area (Å²) in [7, 11) is 1.59. The monoisotopic (exact) mass is 359 g/mol. The van der Waals surface area contributed by atoms with Crippen molar-refractivity contribution in [1.29, 1.82) is 0 Å². The molecule has 1 aromatic carbocycles. The lowest BCUT2D eigenvalue weighted by atomic mass is 10.1. The van der Waals surface area contributed by atoms with Gasteiger partial charge in [-0.2, -0.15) is 0 Å². The van der Waals surface area contributed by atoms with E-state index in [2.05, 4.69) is 21.7 Å². The van der Waals surface area contributed by atoms with E-state index in [0.29, 0.717) is 17.1 Å². The van der Waals surface area contributed by atoms with Crippen molar-refractivity contribution in [2.45, 2.75) is 43.6 Å². The normalized spacial score (nSPS) is 11.1. The Morgan fingerprint density at radius 2 is 2.16 bits per heavy atom. The lowest BCUT2D eigenvalue weighted by Crippen LogP contribution is -2.02. The topological polar surface area (TPSA) is 70.2 Å². The maximum Gasteiger partial charge on any atom is 0.336 e. The third-order valence-electron chi connectivity index (χ3n) is 3.98. The van der Waals surface area contributed by atoms with Crippen LogP contribution in [0.1, 0.15) is 31.7 Å². The molecule has 25 heavy (non-hydrogen) atoms. The van der Waals surface area contributed by atoms with Gasteiger partial charge in [0.1, 0.15) is 17.7 Å². The molecule has 0 atom stereocenters. The zero-order chi connectivity index (χ0) is 17.6. The molecule has 0 aliphatic carbocycles. The minimum Gasteiger partial charge on any atom is -0.497 e. The molecule has 0 radical (unpaired) electrons.